The van der Waals surface area contributed by atoms with Crippen LogP contribution in [0.3, 0.4) is 0 Å². The molecule has 0 aliphatic rings. The van der Waals surface area contributed by atoms with Crippen LogP contribution in [0, 0.1) is 11.3 Å². The number of para-hydroxylation sites is 1. The van der Waals surface area contributed by atoms with Crippen molar-refractivity contribution in [1.29, 1.82) is 5.26 Å². The van der Waals surface area contributed by atoms with Crippen molar-refractivity contribution in [1.82, 2.24) is 0 Å². The van der Waals surface area contributed by atoms with Crippen molar-refractivity contribution in [3.05, 3.63) is 65.7 Å². The van der Waals surface area contributed by atoms with Crippen molar-refractivity contribution < 1.29 is 33.4 Å². The normalized spacial score (nSPS) is 12.4. The van der Waals surface area contributed by atoms with Crippen molar-refractivity contribution in [2.24, 2.45) is 0 Å². The zero-order valence-electron chi connectivity index (χ0n) is 12.8. The third kappa shape index (κ3) is 4.17. The summed E-state index contributed by atoms with van der Waals surface area (Å²) in [7, 11) is -10.9. The highest BCUT2D eigenvalue weighted by Gasteiger charge is 2.63. The molecule has 25 heavy (non-hydrogen) atoms. The molecule has 0 heterocycles. The fraction of sp³-hybridized carbons (Fsp3) is 0.133. The topological polar surface area (TPSA) is 148 Å². The molecule has 2 rings (SSSR count). The van der Waals surface area contributed by atoms with Gasteiger partial charge in [0.15, 0.2) is 0 Å². The largest absolute Gasteiger partial charge is 0.462 e. The fourth-order valence-corrected chi connectivity index (χ4v) is 4.81. The highest BCUT2D eigenvalue weighted by molar-refractivity contribution is 7.72. The smallest absolute Gasteiger partial charge is 0.381 e. The molecule has 10 heteroatoms. The van der Waals surface area contributed by atoms with Crippen LogP contribution in [-0.2, 0) is 15.6 Å². The maximum atomic E-state index is 12.1. The number of hydrogen-bond donors (Lipinski definition) is 4. The van der Waals surface area contributed by atoms with Gasteiger partial charge in [0.1, 0.15) is 5.75 Å². The molecule has 0 aliphatic heterocycles. The molecule has 0 radical (unpaired) electrons. The summed E-state index contributed by atoms with van der Waals surface area (Å²) in [6, 6.07) is 14.7. The molecule has 2 aromatic carbocycles. The van der Waals surface area contributed by atoms with E-state index in [2.05, 4.69) is 0 Å². The summed E-state index contributed by atoms with van der Waals surface area (Å²) in [6.45, 7) is 0. The van der Waals surface area contributed by atoms with Gasteiger partial charge < -0.3 is 24.3 Å². The fourth-order valence-electron chi connectivity index (χ4n) is 2.22. The lowest BCUT2D eigenvalue weighted by Crippen LogP contribution is -2.38. The van der Waals surface area contributed by atoms with Crippen LogP contribution in [0.25, 0.3) is 0 Å². The minimum Gasteiger partial charge on any atom is -0.462 e. The van der Waals surface area contributed by atoms with Crippen LogP contribution in [0.1, 0.15) is 11.1 Å². The Kier molecular flexibility index (Phi) is 5.50. The van der Waals surface area contributed by atoms with E-state index in [0.717, 1.165) is 0 Å². The number of hydrogen-bond acceptors (Lipinski definition) is 4. The number of benzene rings is 2. The average Bonchev–Trinajstić information content (AvgIpc) is 2.53. The van der Waals surface area contributed by atoms with Gasteiger partial charge in [-0.25, -0.2) is 0 Å². The zero-order valence-corrected chi connectivity index (χ0v) is 14.5. The van der Waals surface area contributed by atoms with Crippen LogP contribution in [0.5, 0.6) is 5.75 Å². The summed E-state index contributed by atoms with van der Waals surface area (Å²) in [5.41, 5.74) is 0.323. The molecule has 0 amide bonds. The van der Waals surface area contributed by atoms with E-state index in [9.17, 15) is 28.7 Å². The predicted molar refractivity (Wildman–Crippen MR) is 88.8 cm³/mol. The average molecular weight is 383 g/mol. The molecule has 0 spiro atoms. The monoisotopic (exact) mass is 383 g/mol. The summed E-state index contributed by atoms with van der Waals surface area (Å²) in [6.07, 6.45) is -0.786. The van der Waals surface area contributed by atoms with Crippen LogP contribution in [0.2, 0.25) is 0 Å². The van der Waals surface area contributed by atoms with Crippen LogP contribution < -0.4 is 4.74 Å². The molecule has 8 nitrogen and oxygen atoms in total. The Labute approximate surface area is 143 Å². The van der Waals surface area contributed by atoms with E-state index in [1.165, 1.54) is 48.5 Å². The van der Waals surface area contributed by atoms with Gasteiger partial charge in [-0.2, -0.15) is 5.26 Å². The number of rotatable bonds is 6. The Bertz CT molecular complexity index is 860. The first-order valence-electron chi connectivity index (χ1n) is 6.93. The third-order valence-corrected chi connectivity index (χ3v) is 7.31. The second kappa shape index (κ2) is 7.11. The van der Waals surface area contributed by atoms with Crippen LogP contribution in [-0.4, -0.2) is 24.7 Å². The van der Waals surface area contributed by atoms with E-state index in [1.807, 2.05) is 6.07 Å². The van der Waals surface area contributed by atoms with Gasteiger partial charge in [-0.3, -0.25) is 9.13 Å². The summed E-state index contributed by atoms with van der Waals surface area (Å²) >= 11 is 0. The van der Waals surface area contributed by atoms with Gasteiger partial charge in [0, 0.05) is 6.42 Å². The van der Waals surface area contributed by atoms with E-state index >= 15 is 0 Å². The Morgan fingerprint density at radius 1 is 0.960 bits per heavy atom. The second-order valence-corrected chi connectivity index (χ2v) is 9.21. The van der Waals surface area contributed by atoms with E-state index in [1.54, 1.807) is 6.07 Å². The molecule has 132 valence electrons. The van der Waals surface area contributed by atoms with Crippen molar-refractivity contribution >= 4 is 15.2 Å². The quantitative estimate of drug-likeness (QED) is 0.555. The number of ether oxygens (including phenoxy) is 1. The molecule has 0 bridgehead atoms. The molecule has 0 fully saturated rings. The van der Waals surface area contributed by atoms with Crippen LogP contribution in [0.4, 0.5) is 0 Å². The van der Waals surface area contributed by atoms with Gasteiger partial charge in [-0.15, -0.1) is 0 Å². The zero-order chi connectivity index (χ0) is 18.7. The van der Waals surface area contributed by atoms with E-state index in [4.69, 9.17) is 10.00 Å². The van der Waals surface area contributed by atoms with Gasteiger partial charge in [-0.1, -0.05) is 30.3 Å². The third-order valence-electron chi connectivity index (χ3n) is 3.43. The lowest BCUT2D eigenvalue weighted by molar-refractivity contribution is 0.152. The van der Waals surface area contributed by atoms with Gasteiger partial charge in [0.25, 0.3) is 0 Å². The summed E-state index contributed by atoms with van der Waals surface area (Å²) in [5, 5.41) is 5.83. The van der Waals surface area contributed by atoms with Gasteiger partial charge in [0.05, 0.1) is 11.6 Å². The van der Waals surface area contributed by atoms with Gasteiger partial charge in [-0.05, 0) is 29.8 Å². The standard InChI is InChI=1S/C15H15NO7P2/c16-11-13-6-4-5-12(9-13)10-15(24(17,18)19,25(20,21)22)23-14-7-2-1-3-8-14/h1-9H,10H2,(H2,17,18,19)(H2,20,21,22). The highest BCUT2D eigenvalue weighted by Crippen LogP contribution is 2.70. The summed E-state index contributed by atoms with van der Waals surface area (Å²) in [4.78, 5) is 39.0. The van der Waals surface area contributed by atoms with Crippen molar-refractivity contribution in [2.75, 3.05) is 0 Å². The van der Waals surface area contributed by atoms with Crippen molar-refractivity contribution in [2.45, 2.75) is 11.5 Å². The Balaban J connectivity index is 2.60. The lowest BCUT2D eigenvalue weighted by atomic mass is 10.1. The van der Waals surface area contributed by atoms with E-state index < -0.39 is 26.7 Å². The number of nitrogens with zero attached hydrogens (tertiary/aromatic N) is 1. The molecule has 4 N–H and O–H groups in total. The molecule has 0 saturated heterocycles. The van der Waals surface area contributed by atoms with Crippen molar-refractivity contribution in [3.63, 3.8) is 0 Å². The molecule has 0 saturated carbocycles. The SMILES string of the molecule is N#Cc1cccc(CC(Oc2ccccc2)(P(=O)(O)O)P(=O)(O)O)c1. The van der Waals surface area contributed by atoms with E-state index in [-0.39, 0.29) is 16.9 Å². The molecule has 0 atom stereocenters. The lowest BCUT2D eigenvalue weighted by Gasteiger charge is -2.35. The second-order valence-electron chi connectivity index (χ2n) is 5.24. The highest BCUT2D eigenvalue weighted by atomic mass is 31.2. The minimum absolute atomic E-state index is 0.106. The minimum atomic E-state index is -5.45. The molecule has 0 unspecified atom stereocenters. The summed E-state index contributed by atoms with van der Waals surface area (Å²) < 4.78 is 29.4. The Morgan fingerprint density at radius 3 is 2.08 bits per heavy atom. The maximum Gasteiger partial charge on any atom is 0.381 e. The molecule has 0 aliphatic carbocycles. The first-order valence-corrected chi connectivity index (χ1v) is 10.2. The molecular weight excluding hydrogens is 368 g/mol. The first kappa shape index (κ1) is 19.4. The van der Waals surface area contributed by atoms with Crippen LogP contribution in [0.15, 0.2) is 54.6 Å². The molecule has 2 aromatic rings. The van der Waals surface area contributed by atoms with Crippen LogP contribution >= 0.6 is 15.2 Å². The summed E-state index contributed by atoms with van der Waals surface area (Å²) in [5.74, 6) is -0.106. The van der Waals surface area contributed by atoms with Gasteiger partial charge >= 0.3 is 20.3 Å². The first-order chi connectivity index (χ1) is 11.6. The predicted octanol–water partition coefficient (Wildman–Crippen LogP) is 2.19. The molecule has 0 aromatic heterocycles. The van der Waals surface area contributed by atoms with Crippen molar-refractivity contribution in [3.8, 4) is 11.8 Å². The van der Waals surface area contributed by atoms with E-state index in [0.29, 0.717) is 0 Å². The number of nitriles is 1. The Hall–Kier alpha value is -1.97. The molecular formula is C15H15NO7P2. The Morgan fingerprint density at radius 2 is 1.56 bits per heavy atom. The maximum absolute atomic E-state index is 12.1. The van der Waals surface area contributed by atoms with Gasteiger partial charge in [0.2, 0.25) is 0 Å².